The number of rotatable bonds is 6. The van der Waals surface area contributed by atoms with Crippen molar-refractivity contribution in [2.75, 3.05) is 25.6 Å². The van der Waals surface area contributed by atoms with Crippen LogP contribution in [0.1, 0.15) is 25.2 Å². The first-order valence-corrected chi connectivity index (χ1v) is 8.12. The van der Waals surface area contributed by atoms with E-state index in [4.69, 9.17) is 9.47 Å². The number of fused-ring (bicyclic) bond motifs is 1. The highest BCUT2D eigenvalue weighted by Gasteiger charge is 2.66. The minimum absolute atomic E-state index is 0.0447. The molecule has 5 rings (SSSR count). The molecule has 1 amide bonds. The lowest BCUT2D eigenvalue weighted by molar-refractivity contribution is -0.140. The molecule has 3 heterocycles. The monoisotopic (exact) mass is 365 g/mol. The van der Waals surface area contributed by atoms with Crippen LogP contribution in [-0.2, 0) is 14.3 Å². The highest BCUT2D eigenvalue weighted by atomic mass is 19.3. The maximum Gasteiger partial charge on any atom is 0.315 e. The smallest absolute Gasteiger partial charge is 0.315 e. The van der Waals surface area contributed by atoms with Crippen LogP contribution in [0.25, 0.3) is 11.4 Å². The fraction of sp³-hybridized carbons (Fsp3) is 0.471. The Kier molecular flexibility index (Phi) is 4.00. The molecule has 3 fully saturated rings. The molecule has 2 bridgehead atoms. The van der Waals surface area contributed by atoms with Gasteiger partial charge in [0.15, 0.2) is 0 Å². The van der Waals surface area contributed by atoms with E-state index in [2.05, 4.69) is 20.0 Å². The van der Waals surface area contributed by atoms with Crippen LogP contribution < -0.4 is 5.32 Å². The molecule has 0 unspecified atom stereocenters. The number of amides is 1. The fourth-order valence-electron chi connectivity index (χ4n) is 3.72. The van der Waals surface area contributed by atoms with E-state index in [1.807, 2.05) is 0 Å². The molecule has 0 radical (unpaired) electrons. The third kappa shape index (κ3) is 2.77. The summed E-state index contributed by atoms with van der Waals surface area (Å²) in [5.74, 6) is -0.840. The number of nitrogens with one attached hydrogen (secondary N) is 1. The molecule has 1 aromatic heterocycles. The molecule has 26 heavy (non-hydrogen) atoms. The molecule has 1 aliphatic carbocycles. The van der Waals surface area contributed by atoms with Crippen molar-refractivity contribution in [1.29, 1.82) is 0 Å². The summed E-state index contributed by atoms with van der Waals surface area (Å²) in [7, 11) is 1.64. The average molecular weight is 365 g/mol. The van der Waals surface area contributed by atoms with Gasteiger partial charge < -0.3 is 19.3 Å². The maximum absolute atomic E-state index is 12.6. The Morgan fingerprint density at radius 3 is 2.69 bits per heavy atom. The number of ether oxygens (including phenoxy) is 2. The lowest BCUT2D eigenvalue weighted by atomic mass is 9.62. The third-order valence-corrected chi connectivity index (χ3v) is 4.87. The average Bonchev–Trinajstić information content (AvgIpc) is 3.29. The molecule has 0 atom stereocenters. The van der Waals surface area contributed by atoms with Crippen molar-refractivity contribution in [1.82, 2.24) is 10.1 Å². The van der Waals surface area contributed by atoms with Crippen molar-refractivity contribution >= 4 is 11.6 Å². The molecular weight excluding hydrogens is 348 g/mol. The highest BCUT2D eigenvalue weighted by Crippen LogP contribution is 2.58. The van der Waals surface area contributed by atoms with Crippen LogP contribution in [-0.4, -0.2) is 42.0 Å². The van der Waals surface area contributed by atoms with Crippen LogP contribution in [0.5, 0.6) is 0 Å². The van der Waals surface area contributed by atoms with Gasteiger partial charge in [0.25, 0.3) is 11.8 Å². The van der Waals surface area contributed by atoms with Crippen LogP contribution in [0.15, 0.2) is 28.8 Å². The first-order chi connectivity index (χ1) is 12.5. The molecule has 1 aromatic carbocycles. The van der Waals surface area contributed by atoms with Crippen molar-refractivity contribution in [3.05, 3.63) is 30.2 Å². The van der Waals surface area contributed by atoms with Gasteiger partial charge in [-0.15, -0.1) is 0 Å². The fourth-order valence-corrected chi connectivity index (χ4v) is 3.72. The van der Waals surface area contributed by atoms with Crippen LogP contribution >= 0.6 is 0 Å². The molecule has 0 spiro atoms. The number of nitrogens with zero attached hydrogens (tertiary/aromatic N) is 2. The number of halogens is 2. The molecule has 2 aliphatic heterocycles. The number of alkyl halides is 2. The molecule has 3 aliphatic rings. The number of hydrogen-bond donors (Lipinski definition) is 1. The van der Waals surface area contributed by atoms with Gasteiger partial charge in [0.1, 0.15) is 5.60 Å². The van der Waals surface area contributed by atoms with Gasteiger partial charge in [-0.3, -0.25) is 4.79 Å². The van der Waals surface area contributed by atoms with E-state index in [1.54, 1.807) is 31.4 Å². The van der Waals surface area contributed by atoms with Crippen molar-refractivity contribution < 1.29 is 27.6 Å². The lowest BCUT2D eigenvalue weighted by Gasteiger charge is -2.42. The summed E-state index contributed by atoms with van der Waals surface area (Å²) >= 11 is 0. The standard InChI is InChI=1S/C17H17F2N3O4/c1-24-8-16-6-17(7-16,25-9-16)15(23)20-11-4-2-10(3-5-11)13-21-14(12(18)19)26-22-13/h2-5,12H,6-9H2,1H3,(H,20,23). The van der Waals surface area contributed by atoms with Gasteiger partial charge in [0, 0.05) is 23.8 Å². The number of carbonyl (C=O) groups is 1. The summed E-state index contributed by atoms with van der Waals surface area (Å²) in [6.07, 6.45) is -1.51. The van der Waals surface area contributed by atoms with Crippen molar-refractivity contribution in [3.63, 3.8) is 0 Å². The second-order valence-electron chi connectivity index (χ2n) is 6.86. The van der Waals surface area contributed by atoms with Crippen LogP contribution in [0.3, 0.4) is 0 Å². The van der Waals surface area contributed by atoms with E-state index >= 15 is 0 Å². The molecule has 1 N–H and O–H groups in total. The predicted molar refractivity (Wildman–Crippen MR) is 85.5 cm³/mol. The minimum atomic E-state index is -2.81. The summed E-state index contributed by atoms with van der Waals surface area (Å²) in [5.41, 5.74) is 0.260. The SMILES string of the molecule is COCC12COC(C(=O)Nc3ccc(-c4noc(C(F)F)n4)cc3)(C1)C2. The van der Waals surface area contributed by atoms with E-state index in [-0.39, 0.29) is 17.1 Å². The van der Waals surface area contributed by atoms with Gasteiger partial charge >= 0.3 is 6.43 Å². The maximum atomic E-state index is 12.6. The molecule has 1 saturated carbocycles. The molecule has 2 saturated heterocycles. The second kappa shape index (κ2) is 6.10. The van der Waals surface area contributed by atoms with Gasteiger partial charge in [0.2, 0.25) is 5.82 Å². The van der Waals surface area contributed by atoms with E-state index < -0.39 is 17.9 Å². The number of anilines is 1. The summed E-state index contributed by atoms with van der Waals surface area (Å²) in [4.78, 5) is 16.2. The summed E-state index contributed by atoms with van der Waals surface area (Å²) in [5, 5.41) is 6.35. The van der Waals surface area contributed by atoms with Crippen molar-refractivity contribution in [2.45, 2.75) is 24.9 Å². The van der Waals surface area contributed by atoms with Crippen molar-refractivity contribution in [2.24, 2.45) is 5.41 Å². The minimum Gasteiger partial charge on any atom is -0.384 e. The predicted octanol–water partition coefficient (Wildman–Crippen LogP) is 2.81. The first kappa shape index (κ1) is 17.0. The Bertz CT molecular complexity index is 816. The zero-order valence-corrected chi connectivity index (χ0v) is 14.0. The van der Waals surface area contributed by atoms with Gasteiger partial charge in [-0.25, -0.2) is 0 Å². The van der Waals surface area contributed by atoms with Crippen LogP contribution in [0.4, 0.5) is 14.5 Å². The Balaban J connectivity index is 1.41. The number of benzene rings is 1. The number of hydrogen-bond acceptors (Lipinski definition) is 6. The highest BCUT2D eigenvalue weighted by molar-refractivity contribution is 5.98. The number of methoxy groups -OCH3 is 1. The topological polar surface area (TPSA) is 86.5 Å². The van der Waals surface area contributed by atoms with E-state index in [1.165, 1.54) is 0 Å². The normalized spacial score (nSPS) is 26.8. The Morgan fingerprint density at radius 1 is 1.35 bits per heavy atom. The van der Waals surface area contributed by atoms with Crippen molar-refractivity contribution in [3.8, 4) is 11.4 Å². The molecular formula is C17H17F2N3O4. The van der Waals surface area contributed by atoms with Gasteiger partial charge in [-0.2, -0.15) is 13.8 Å². The third-order valence-electron chi connectivity index (χ3n) is 4.87. The molecule has 138 valence electrons. The quantitative estimate of drug-likeness (QED) is 0.847. The Labute approximate surface area is 147 Å². The lowest BCUT2D eigenvalue weighted by Crippen LogP contribution is -2.53. The first-order valence-electron chi connectivity index (χ1n) is 8.12. The zero-order chi connectivity index (χ0) is 18.4. The molecule has 9 heteroatoms. The number of carbonyl (C=O) groups excluding carboxylic acids is 1. The van der Waals surface area contributed by atoms with E-state index in [9.17, 15) is 13.6 Å². The summed E-state index contributed by atoms with van der Waals surface area (Å²) < 4.78 is 40.4. The zero-order valence-electron chi connectivity index (χ0n) is 14.0. The van der Waals surface area contributed by atoms with E-state index in [0.717, 1.165) is 0 Å². The van der Waals surface area contributed by atoms with Crippen LogP contribution in [0, 0.1) is 5.41 Å². The molecule has 2 aromatic rings. The van der Waals surface area contributed by atoms with Gasteiger partial charge in [-0.1, -0.05) is 5.16 Å². The molecule has 7 nitrogen and oxygen atoms in total. The van der Waals surface area contributed by atoms with Gasteiger partial charge in [0.05, 0.1) is 13.2 Å². The summed E-state index contributed by atoms with van der Waals surface area (Å²) in [6.45, 7) is 1.11. The second-order valence-corrected chi connectivity index (χ2v) is 6.86. The Hall–Kier alpha value is -2.39. The largest absolute Gasteiger partial charge is 0.384 e. The van der Waals surface area contributed by atoms with E-state index in [0.29, 0.717) is 37.3 Å². The Morgan fingerprint density at radius 2 is 2.08 bits per heavy atom. The summed E-state index contributed by atoms with van der Waals surface area (Å²) in [6, 6.07) is 6.55. The van der Waals surface area contributed by atoms with Gasteiger partial charge in [-0.05, 0) is 37.1 Å². The van der Waals surface area contributed by atoms with Crippen LogP contribution in [0.2, 0.25) is 0 Å². The number of aromatic nitrogens is 2.